The van der Waals surface area contributed by atoms with Crippen LogP contribution in [-0.4, -0.2) is 11.8 Å². The Bertz CT molecular complexity index is 931. The van der Waals surface area contributed by atoms with Crippen LogP contribution in [0.1, 0.15) is 38.8 Å². The lowest BCUT2D eigenvalue weighted by atomic mass is 10.0. The quantitative estimate of drug-likeness (QED) is 0.348. The number of halogens is 1. The first-order chi connectivity index (χ1) is 12.6. The van der Waals surface area contributed by atoms with Crippen LogP contribution in [0.25, 0.3) is 0 Å². The number of hydrogen-bond acceptors (Lipinski definition) is 3. The molecule has 4 heteroatoms. The summed E-state index contributed by atoms with van der Waals surface area (Å²) in [7, 11) is 0. The van der Waals surface area contributed by atoms with Gasteiger partial charge in [-0.1, -0.05) is 48.9 Å². The highest BCUT2D eigenvalue weighted by atomic mass is 35.5. The average molecular weight is 365 g/mol. The number of ketones is 1. The maximum absolute atomic E-state index is 12.4. The van der Waals surface area contributed by atoms with Crippen molar-refractivity contribution in [2.24, 2.45) is 0 Å². The van der Waals surface area contributed by atoms with E-state index in [1.54, 1.807) is 48.5 Å². The molecular formula is C22H17ClO3. The van der Waals surface area contributed by atoms with Gasteiger partial charge in [0.15, 0.2) is 5.78 Å². The second-order valence-corrected chi connectivity index (χ2v) is 6.25. The highest BCUT2D eigenvalue weighted by molar-refractivity contribution is 6.31. The first kappa shape index (κ1) is 17.9. The van der Waals surface area contributed by atoms with Crippen LogP contribution in [0.3, 0.4) is 0 Å². The fourth-order valence-electron chi connectivity index (χ4n) is 2.57. The molecule has 3 aromatic carbocycles. The fourth-order valence-corrected chi connectivity index (χ4v) is 2.83. The Morgan fingerprint density at radius 2 is 1.50 bits per heavy atom. The number of hydrogen-bond donors (Lipinski definition) is 0. The molecular weight excluding hydrogens is 348 g/mol. The topological polar surface area (TPSA) is 43.4 Å². The predicted octanol–water partition coefficient (Wildman–Crippen LogP) is 5.35. The molecule has 0 spiro atoms. The molecule has 0 unspecified atom stereocenters. The third kappa shape index (κ3) is 4.19. The molecule has 0 aliphatic carbocycles. The number of carbonyl (C=O) groups excluding carboxylic acids is 2. The minimum atomic E-state index is -0.482. The van der Waals surface area contributed by atoms with E-state index in [-0.39, 0.29) is 5.78 Å². The number of esters is 1. The first-order valence-corrected chi connectivity index (χ1v) is 8.66. The number of aryl methyl sites for hydroxylation is 1. The molecule has 0 heterocycles. The van der Waals surface area contributed by atoms with Gasteiger partial charge in [0.2, 0.25) is 0 Å². The van der Waals surface area contributed by atoms with Crippen LogP contribution < -0.4 is 4.74 Å². The summed E-state index contributed by atoms with van der Waals surface area (Å²) in [5, 5.41) is 0.500. The van der Waals surface area contributed by atoms with Crippen LogP contribution in [0.5, 0.6) is 5.75 Å². The van der Waals surface area contributed by atoms with Gasteiger partial charge in [0.05, 0.1) is 5.56 Å². The lowest BCUT2D eigenvalue weighted by Gasteiger charge is -2.07. The molecule has 0 bridgehead atoms. The fraction of sp³-hybridized carbons (Fsp3) is 0.0909. The van der Waals surface area contributed by atoms with Crippen molar-refractivity contribution in [3.63, 3.8) is 0 Å². The molecule has 0 aliphatic rings. The molecule has 26 heavy (non-hydrogen) atoms. The van der Waals surface area contributed by atoms with Crippen LogP contribution in [-0.2, 0) is 6.42 Å². The van der Waals surface area contributed by atoms with Gasteiger partial charge in [0, 0.05) is 16.1 Å². The van der Waals surface area contributed by atoms with Crippen molar-refractivity contribution >= 4 is 23.4 Å². The van der Waals surface area contributed by atoms with Gasteiger partial charge >= 0.3 is 5.97 Å². The second-order valence-electron chi connectivity index (χ2n) is 5.81. The van der Waals surface area contributed by atoms with E-state index in [1.807, 2.05) is 31.2 Å². The zero-order valence-corrected chi connectivity index (χ0v) is 15.0. The van der Waals surface area contributed by atoms with Crippen molar-refractivity contribution in [2.45, 2.75) is 13.3 Å². The molecule has 0 radical (unpaired) electrons. The molecule has 3 nitrogen and oxygen atoms in total. The highest BCUT2D eigenvalue weighted by Crippen LogP contribution is 2.20. The van der Waals surface area contributed by atoms with E-state index in [4.69, 9.17) is 16.3 Å². The molecule has 0 fully saturated rings. The number of rotatable bonds is 5. The summed E-state index contributed by atoms with van der Waals surface area (Å²) in [6.07, 6.45) is 0.775. The second kappa shape index (κ2) is 7.98. The van der Waals surface area contributed by atoms with Gasteiger partial charge in [-0.3, -0.25) is 4.79 Å². The maximum atomic E-state index is 12.4. The van der Waals surface area contributed by atoms with Gasteiger partial charge in [-0.2, -0.15) is 0 Å². The van der Waals surface area contributed by atoms with Crippen LogP contribution in [0.15, 0.2) is 72.8 Å². The normalized spacial score (nSPS) is 10.4. The van der Waals surface area contributed by atoms with Crippen molar-refractivity contribution in [3.8, 4) is 5.75 Å². The zero-order chi connectivity index (χ0) is 18.5. The summed E-state index contributed by atoms with van der Waals surface area (Å²) in [6.45, 7) is 1.99. The van der Waals surface area contributed by atoms with Gasteiger partial charge < -0.3 is 4.74 Å². The highest BCUT2D eigenvalue weighted by Gasteiger charge is 2.12. The molecule has 0 saturated heterocycles. The van der Waals surface area contributed by atoms with Gasteiger partial charge in [-0.25, -0.2) is 4.79 Å². The van der Waals surface area contributed by atoms with E-state index >= 15 is 0 Å². The Hall–Kier alpha value is -2.91. The van der Waals surface area contributed by atoms with Gasteiger partial charge in [0.25, 0.3) is 0 Å². The number of ether oxygens (including phenoxy) is 1. The van der Waals surface area contributed by atoms with E-state index in [2.05, 4.69) is 0 Å². The van der Waals surface area contributed by atoms with E-state index in [0.717, 1.165) is 12.0 Å². The Morgan fingerprint density at radius 3 is 2.15 bits per heavy atom. The Labute approximate surface area is 157 Å². The van der Waals surface area contributed by atoms with Crippen LogP contribution >= 0.6 is 11.6 Å². The lowest BCUT2D eigenvalue weighted by Crippen LogP contribution is -2.09. The monoisotopic (exact) mass is 364 g/mol. The summed E-state index contributed by atoms with van der Waals surface area (Å²) in [4.78, 5) is 24.7. The van der Waals surface area contributed by atoms with Gasteiger partial charge in [-0.05, 0) is 54.4 Å². The van der Waals surface area contributed by atoms with Crippen LogP contribution in [0.2, 0.25) is 5.02 Å². The SMILES string of the molecule is CCc1cc(Cl)cc(C(=O)Oc2ccc(C(=O)c3ccccc3)cc2)c1. The Morgan fingerprint density at radius 1 is 0.846 bits per heavy atom. The zero-order valence-electron chi connectivity index (χ0n) is 14.2. The minimum absolute atomic E-state index is 0.0779. The smallest absolute Gasteiger partial charge is 0.343 e. The molecule has 0 amide bonds. The predicted molar refractivity (Wildman–Crippen MR) is 102 cm³/mol. The molecule has 0 aliphatic heterocycles. The first-order valence-electron chi connectivity index (χ1n) is 8.28. The van der Waals surface area contributed by atoms with E-state index in [1.165, 1.54) is 0 Å². The molecule has 0 N–H and O–H groups in total. The van der Waals surface area contributed by atoms with Crippen LogP contribution in [0, 0.1) is 0 Å². The van der Waals surface area contributed by atoms with E-state index in [0.29, 0.717) is 27.5 Å². The van der Waals surface area contributed by atoms with Gasteiger partial charge in [-0.15, -0.1) is 0 Å². The van der Waals surface area contributed by atoms with E-state index in [9.17, 15) is 9.59 Å². The lowest BCUT2D eigenvalue weighted by molar-refractivity contribution is 0.0734. The van der Waals surface area contributed by atoms with Crippen molar-refractivity contribution in [1.82, 2.24) is 0 Å². The summed E-state index contributed by atoms with van der Waals surface area (Å²) < 4.78 is 5.39. The average Bonchev–Trinajstić information content (AvgIpc) is 2.68. The van der Waals surface area contributed by atoms with Gasteiger partial charge in [0.1, 0.15) is 5.75 Å². The van der Waals surface area contributed by atoms with Crippen molar-refractivity contribution in [1.29, 1.82) is 0 Å². The maximum Gasteiger partial charge on any atom is 0.343 e. The molecule has 130 valence electrons. The molecule has 0 aromatic heterocycles. The molecule has 3 rings (SSSR count). The van der Waals surface area contributed by atoms with E-state index < -0.39 is 5.97 Å². The Balaban J connectivity index is 1.74. The summed E-state index contributed by atoms with van der Waals surface area (Å²) in [5.74, 6) is -0.187. The van der Waals surface area contributed by atoms with Crippen molar-refractivity contribution in [2.75, 3.05) is 0 Å². The third-order valence-corrected chi connectivity index (χ3v) is 4.18. The largest absolute Gasteiger partial charge is 0.423 e. The van der Waals surface area contributed by atoms with Crippen LogP contribution in [0.4, 0.5) is 0 Å². The Kier molecular flexibility index (Phi) is 5.49. The number of carbonyl (C=O) groups is 2. The number of benzene rings is 3. The standard InChI is InChI=1S/C22H17ClO3/c1-2-15-12-18(14-19(23)13-15)22(25)26-20-10-8-17(9-11-20)21(24)16-6-4-3-5-7-16/h3-14H,2H2,1H3. The molecule has 0 saturated carbocycles. The molecule has 0 atom stereocenters. The summed E-state index contributed by atoms with van der Waals surface area (Å²) in [5.41, 5.74) is 2.52. The van der Waals surface area contributed by atoms with Crippen molar-refractivity contribution < 1.29 is 14.3 Å². The molecule has 3 aromatic rings. The minimum Gasteiger partial charge on any atom is -0.423 e. The van der Waals surface area contributed by atoms with Crippen molar-refractivity contribution in [3.05, 3.63) is 100 Å². The summed E-state index contributed by atoms with van der Waals surface area (Å²) >= 11 is 6.04. The third-order valence-electron chi connectivity index (χ3n) is 3.96. The summed E-state index contributed by atoms with van der Waals surface area (Å²) in [6, 6.07) is 20.7.